The smallest absolute Gasteiger partial charge is 0.227 e. The Morgan fingerprint density at radius 3 is 2.67 bits per heavy atom. The van der Waals surface area contributed by atoms with Gasteiger partial charge in [-0.25, -0.2) is 0 Å². The minimum Gasteiger partial charge on any atom is -0.491 e. The lowest BCUT2D eigenvalue weighted by atomic mass is 9.81. The SMILES string of the molecule is CCC(CC)(CN)C(=O)NC1COc2ccccc2C1.Cl. The zero-order valence-corrected chi connectivity index (χ0v) is 13.5. The fourth-order valence-electron chi connectivity index (χ4n) is 2.71. The topological polar surface area (TPSA) is 64.4 Å². The van der Waals surface area contributed by atoms with Gasteiger partial charge in [0.05, 0.1) is 11.5 Å². The molecule has 0 spiro atoms. The van der Waals surface area contributed by atoms with E-state index in [1.54, 1.807) is 0 Å². The summed E-state index contributed by atoms with van der Waals surface area (Å²) < 4.78 is 5.70. The molecule has 1 aromatic rings. The highest BCUT2D eigenvalue weighted by atomic mass is 35.5. The quantitative estimate of drug-likeness (QED) is 0.877. The van der Waals surface area contributed by atoms with Crippen LogP contribution in [0.1, 0.15) is 32.3 Å². The second kappa shape index (κ2) is 7.66. The van der Waals surface area contributed by atoms with Crippen molar-refractivity contribution >= 4 is 18.3 Å². The maximum Gasteiger partial charge on any atom is 0.227 e. The molecule has 0 bridgehead atoms. The number of hydrogen-bond donors (Lipinski definition) is 2. The number of carbonyl (C=O) groups is 1. The average molecular weight is 313 g/mol. The molecule has 1 atom stereocenters. The third kappa shape index (κ3) is 3.69. The van der Waals surface area contributed by atoms with Gasteiger partial charge in [0.2, 0.25) is 5.91 Å². The van der Waals surface area contributed by atoms with Crippen LogP contribution in [0.4, 0.5) is 0 Å². The van der Waals surface area contributed by atoms with E-state index in [0.717, 1.165) is 30.6 Å². The Kier molecular flexibility index (Phi) is 6.49. The van der Waals surface area contributed by atoms with Gasteiger partial charge < -0.3 is 15.8 Å². The fraction of sp³-hybridized carbons (Fsp3) is 0.562. The summed E-state index contributed by atoms with van der Waals surface area (Å²) in [5.41, 5.74) is 6.52. The highest BCUT2D eigenvalue weighted by Gasteiger charge is 2.35. The number of halogens is 1. The lowest BCUT2D eigenvalue weighted by Crippen LogP contribution is -2.51. The molecule has 118 valence electrons. The summed E-state index contributed by atoms with van der Waals surface area (Å²) >= 11 is 0. The van der Waals surface area contributed by atoms with Crippen molar-refractivity contribution < 1.29 is 9.53 Å². The standard InChI is InChI=1S/C16H24N2O2.ClH/c1-3-16(4-2,11-17)15(19)18-13-9-12-7-5-6-8-14(12)20-10-13;/h5-8,13H,3-4,9-11,17H2,1-2H3,(H,18,19);1H. The molecule has 1 aliphatic rings. The fourth-order valence-corrected chi connectivity index (χ4v) is 2.71. The zero-order valence-electron chi connectivity index (χ0n) is 12.7. The van der Waals surface area contributed by atoms with Crippen LogP contribution in [-0.4, -0.2) is 25.1 Å². The highest BCUT2D eigenvalue weighted by molar-refractivity contribution is 5.85. The highest BCUT2D eigenvalue weighted by Crippen LogP contribution is 2.27. The molecule has 3 N–H and O–H groups in total. The van der Waals surface area contributed by atoms with Gasteiger partial charge in [-0.05, 0) is 30.9 Å². The number of benzene rings is 1. The molecule has 0 radical (unpaired) electrons. The van der Waals surface area contributed by atoms with Gasteiger partial charge in [0.1, 0.15) is 12.4 Å². The number of para-hydroxylation sites is 1. The van der Waals surface area contributed by atoms with Gasteiger partial charge in [0.15, 0.2) is 0 Å². The van der Waals surface area contributed by atoms with Crippen molar-refractivity contribution in [3.8, 4) is 5.75 Å². The summed E-state index contributed by atoms with van der Waals surface area (Å²) in [5.74, 6) is 0.979. The molecule has 1 amide bonds. The van der Waals surface area contributed by atoms with E-state index in [4.69, 9.17) is 10.5 Å². The van der Waals surface area contributed by atoms with Crippen LogP contribution in [-0.2, 0) is 11.2 Å². The number of amides is 1. The van der Waals surface area contributed by atoms with E-state index >= 15 is 0 Å². The second-order valence-electron chi connectivity index (χ2n) is 5.48. The van der Waals surface area contributed by atoms with Crippen molar-refractivity contribution in [3.05, 3.63) is 29.8 Å². The number of fused-ring (bicyclic) bond motifs is 1. The number of hydrogen-bond acceptors (Lipinski definition) is 3. The van der Waals surface area contributed by atoms with Crippen LogP contribution in [0.5, 0.6) is 5.75 Å². The Hall–Kier alpha value is -1.26. The molecular formula is C16H25ClN2O2. The van der Waals surface area contributed by atoms with Crippen LogP contribution in [0.2, 0.25) is 0 Å². The number of nitrogens with one attached hydrogen (secondary N) is 1. The first kappa shape index (κ1) is 17.8. The predicted molar refractivity (Wildman–Crippen MR) is 86.9 cm³/mol. The van der Waals surface area contributed by atoms with Crippen molar-refractivity contribution in [3.63, 3.8) is 0 Å². The Labute approximate surface area is 132 Å². The van der Waals surface area contributed by atoms with E-state index in [9.17, 15) is 4.79 Å². The summed E-state index contributed by atoms with van der Waals surface area (Å²) in [7, 11) is 0. The summed E-state index contributed by atoms with van der Waals surface area (Å²) in [6, 6.07) is 8.00. The van der Waals surface area contributed by atoms with Gasteiger partial charge in [-0.3, -0.25) is 4.79 Å². The minimum atomic E-state index is -0.447. The normalized spacial score (nSPS) is 17.2. The molecule has 1 aliphatic heterocycles. The largest absolute Gasteiger partial charge is 0.491 e. The van der Waals surface area contributed by atoms with E-state index in [1.807, 2.05) is 38.1 Å². The molecule has 21 heavy (non-hydrogen) atoms. The van der Waals surface area contributed by atoms with E-state index in [2.05, 4.69) is 5.32 Å². The van der Waals surface area contributed by atoms with Gasteiger partial charge in [-0.2, -0.15) is 0 Å². The maximum atomic E-state index is 12.5. The molecule has 5 heteroatoms. The van der Waals surface area contributed by atoms with Crippen molar-refractivity contribution in [1.29, 1.82) is 0 Å². The van der Waals surface area contributed by atoms with Gasteiger partial charge in [0, 0.05) is 6.54 Å². The molecule has 0 aliphatic carbocycles. The molecule has 0 saturated heterocycles. The lowest BCUT2D eigenvalue weighted by molar-refractivity contribution is -0.132. The number of rotatable bonds is 5. The Morgan fingerprint density at radius 2 is 2.05 bits per heavy atom. The lowest BCUT2D eigenvalue weighted by Gasteiger charge is -2.33. The first-order chi connectivity index (χ1) is 9.65. The third-order valence-corrected chi connectivity index (χ3v) is 4.44. The number of ether oxygens (including phenoxy) is 1. The van der Waals surface area contributed by atoms with Crippen molar-refractivity contribution in [1.82, 2.24) is 5.32 Å². The molecule has 2 rings (SSSR count). The van der Waals surface area contributed by atoms with Crippen LogP contribution < -0.4 is 15.8 Å². The molecule has 0 fully saturated rings. The van der Waals surface area contributed by atoms with Crippen molar-refractivity contribution in [2.75, 3.05) is 13.2 Å². The first-order valence-corrected chi connectivity index (χ1v) is 7.37. The number of nitrogens with two attached hydrogens (primary N) is 1. The van der Waals surface area contributed by atoms with Gasteiger partial charge >= 0.3 is 0 Å². The number of carbonyl (C=O) groups excluding carboxylic acids is 1. The average Bonchev–Trinajstić information content (AvgIpc) is 2.49. The molecular weight excluding hydrogens is 288 g/mol. The van der Waals surface area contributed by atoms with Gasteiger partial charge in [0.25, 0.3) is 0 Å². The third-order valence-electron chi connectivity index (χ3n) is 4.44. The van der Waals surface area contributed by atoms with E-state index in [1.165, 1.54) is 0 Å². The Morgan fingerprint density at radius 1 is 1.38 bits per heavy atom. The van der Waals surface area contributed by atoms with Gasteiger partial charge in [-0.15, -0.1) is 12.4 Å². The molecule has 0 aromatic heterocycles. The first-order valence-electron chi connectivity index (χ1n) is 7.37. The summed E-state index contributed by atoms with van der Waals surface area (Å²) in [6.45, 7) is 4.94. The molecule has 1 unspecified atom stereocenters. The Balaban J connectivity index is 0.00000220. The summed E-state index contributed by atoms with van der Waals surface area (Å²) in [4.78, 5) is 12.5. The molecule has 0 saturated carbocycles. The molecule has 1 aromatic carbocycles. The van der Waals surface area contributed by atoms with Crippen molar-refractivity contribution in [2.24, 2.45) is 11.1 Å². The maximum absolute atomic E-state index is 12.5. The summed E-state index contributed by atoms with van der Waals surface area (Å²) in [5, 5.41) is 3.11. The van der Waals surface area contributed by atoms with Crippen LogP contribution in [0.25, 0.3) is 0 Å². The van der Waals surface area contributed by atoms with E-state index in [0.29, 0.717) is 13.2 Å². The molecule has 1 heterocycles. The van der Waals surface area contributed by atoms with Gasteiger partial charge in [-0.1, -0.05) is 32.0 Å². The summed E-state index contributed by atoms with van der Waals surface area (Å²) in [6.07, 6.45) is 2.34. The van der Waals surface area contributed by atoms with E-state index in [-0.39, 0.29) is 24.4 Å². The second-order valence-corrected chi connectivity index (χ2v) is 5.48. The molecule has 4 nitrogen and oxygen atoms in total. The Bertz CT molecular complexity index is 467. The van der Waals surface area contributed by atoms with Crippen LogP contribution >= 0.6 is 12.4 Å². The minimum absolute atomic E-state index is 0. The van der Waals surface area contributed by atoms with Crippen LogP contribution in [0.15, 0.2) is 24.3 Å². The van der Waals surface area contributed by atoms with Crippen LogP contribution in [0.3, 0.4) is 0 Å². The monoisotopic (exact) mass is 312 g/mol. The van der Waals surface area contributed by atoms with Crippen LogP contribution in [0, 0.1) is 5.41 Å². The van der Waals surface area contributed by atoms with E-state index < -0.39 is 5.41 Å². The predicted octanol–water partition coefficient (Wildman–Crippen LogP) is 2.29. The zero-order chi connectivity index (χ0) is 14.6. The van der Waals surface area contributed by atoms with Crippen molar-refractivity contribution in [2.45, 2.75) is 39.2 Å².